The molecule has 0 N–H and O–H groups in total. The van der Waals surface area contributed by atoms with E-state index in [1.165, 1.54) is 4.90 Å². The fraction of sp³-hybridized carbons (Fsp3) is 0.500. The van der Waals surface area contributed by atoms with Gasteiger partial charge in [-0.15, -0.1) is 0 Å². The van der Waals surface area contributed by atoms with Crippen molar-refractivity contribution < 1.29 is 19.1 Å². The molecule has 2 saturated heterocycles. The summed E-state index contributed by atoms with van der Waals surface area (Å²) in [6.07, 6.45) is 0. The highest BCUT2D eigenvalue weighted by molar-refractivity contribution is 6.38. The van der Waals surface area contributed by atoms with Crippen molar-refractivity contribution in [3.8, 4) is 5.75 Å². The number of rotatable bonds is 3. The van der Waals surface area contributed by atoms with E-state index in [1.54, 1.807) is 12.0 Å². The van der Waals surface area contributed by atoms with E-state index in [4.69, 9.17) is 4.74 Å². The second kappa shape index (κ2) is 7.63. The lowest BCUT2D eigenvalue weighted by Crippen LogP contribution is -2.60. The molecule has 140 valence electrons. The zero-order valence-corrected chi connectivity index (χ0v) is 15.2. The molecule has 0 aromatic heterocycles. The number of hydrogen-bond donors (Lipinski definition) is 0. The summed E-state index contributed by atoms with van der Waals surface area (Å²) in [4.78, 5) is 43.2. The maximum absolute atomic E-state index is 12.7. The smallest absolute Gasteiger partial charge is 0.327 e. The molecular formula is C18H24N4O4. The van der Waals surface area contributed by atoms with Crippen LogP contribution in [-0.4, -0.2) is 85.5 Å². The van der Waals surface area contributed by atoms with Gasteiger partial charge in [-0.25, -0.2) is 4.79 Å². The third kappa shape index (κ3) is 3.44. The van der Waals surface area contributed by atoms with Gasteiger partial charge in [0.1, 0.15) is 5.75 Å². The number of ether oxygens (including phenoxy) is 1. The molecule has 26 heavy (non-hydrogen) atoms. The Morgan fingerprint density at radius 1 is 0.962 bits per heavy atom. The second-order valence-electron chi connectivity index (χ2n) is 6.30. The third-order valence-electron chi connectivity index (χ3n) is 4.91. The highest BCUT2D eigenvalue weighted by Gasteiger charge is 2.37. The molecule has 4 amide bonds. The number of hydrogen-bond acceptors (Lipinski definition) is 5. The molecule has 0 spiro atoms. The first kappa shape index (κ1) is 18.0. The number of methoxy groups -OCH3 is 1. The molecule has 2 heterocycles. The predicted molar refractivity (Wildman–Crippen MR) is 96.1 cm³/mol. The van der Waals surface area contributed by atoms with E-state index in [0.29, 0.717) is 39.3 Å². The van der Waals surface area contributed by atoms with Crippen LogP contribution in [0.5, 0.6) is 5.75 Å². The van der Waals surface area contributed by atoms with E-state index in [0.717, 1.165) is 16.3 Å². The van der Waals surface area contributed by atoms with Gasteiger partial charge in [-0.05, 0) is 31.2 Å². The van der Waals surface area contributed by atoms with Crippen LogP contribution in [0.2, 0.25) is 0 Å². The number of amides is 4. The minimum absolute atomic E-state index is 0.260. The van der Waals surface area contributed by atoms with Gasteiger partial charge in [0.15, 0.2) is 0 Å². The average molecular weight is 360 g/mol. The van der Waals surface area contributed by atoms with Crippen molar-refractivity contribution in [2.75, 3.05) is 57.8 Å². The van der Waals surface area contributed by atoms with Crippen LogP contribution in [0.25, 0.3) is 0 Å². The van der Waals surface area contributed by atoms with Gasteiger partial charge in [0.05, 0.1) is 7.11 Å². The van der Waals surface area contributed by atoms with Crippen molar-refractivity contribution >= 4 is 23.5 Å². The van der Waals surface area contributed by atoms with Crippen molar-refractivity contribution in [2.45, 2.75) is 6.92 Å². The molecule has 2 aliphatic rings. The monoisotopic (exact) mass is 360 g/mol. The number of piperazine rings is 2. The van der Waals surface area contributed by atoms with E-state index in [-0.39, 0.29) is 12.6 Å². The molecule has 8 heteroatoms. The van der Waals surface area contributed by atoms with Gasteiger partial charge in [0, 0.05) is 51.5 Å². The van der Waals surface area contributed by atoms with Crippen LogP contribution in [0.1, 0.15) is 6.92 Å². The van der Waals surface area contributed by atoms with Gasteiger partial charge in [0.25, 0.3) is 0 Å². The fourth-order valence-electron chi connectivity index (χ4n) is 3.28. The molecule has 0 atom stereocenters. The summed E-state index contributed by atoms with van der Waals surface area (Å²) in [5, 5.41) is 0. The molecule has 0 radical (unpaired) electrons. The minimum atomic E-state index is -0.722. The summed E-state index contributed by atoms with van der Waals surface area (Å²) in [5.41, 5.74) is 1.07. The Bertz CT molecular complexity index is 683. The summed E-state index contributed by atoms with van der Waals surface area (Å²) in [7, 11) is 1.63. The normalized spacial score (nSPS) is 18.4. The number of carbonyl (C=O) groups is 3. The lowest BCUT2D eigenvalue weighted by atomic mass is 10.2. The first-order valence-electron chi connectivity index (χ1n) is 8.83. The van der Waals surface area contributed by atoms with Gasteiger partial charge < -0.3 is 19.4 Å². The minimum Gasteiger partial charge on any atom is -0.497 e. The predicted octanol–water partition coefficient (Wildman–Crippen LogP) is 0.628. The van der Waals surface area contributed by atoms with Crippen molar-refractivity contribution in [3.63, 3.8) is 0 Å². The molecule has 1 aromatic rings. The van der Waals surface area contributed by atoms with Crippen LogP contribution in [0.4, 0.5) is 10.5 Å². The summed E-state index contributed by atoms with van der Waals surface area (Å²) in [6, 6.07) is 7.42. The van der Waals surface area contributed by atoms with Crippen LogP contribution in [0.15, 0.2) is 24.3 Å². The zero-order valence-electron chi connectivity index (χ0n) is 15.2. The third-order valence-corrected chi connectivity index (χ3v) is 4.91. The van der Waals surface area contributed by atoms with Gasteiger partial charge >= 0.3 is 17.8 Å². The lowest BCUT2D eigenvalue weighted by molar-refractivity contribution is -0.153. The number of nitrogens with zero attached hydrogens (tertiary/aromatic N) is 4. The van der Waals surface area contributed by atoms with Gasteiger partial charge in [-0.2, -0.15) is 0 Å². The SMILES string of the molecule is CCN1CCN(C(=O)N2CCN(c3ccc(OC)cc3)CC2)C(=O)C1=O. The molecule has 3 rings (SSSR count). The standard InChI is InChI=1S/C18H24N4O4/c1-3-19-12-13-22(17(24)16(19)23)18(25)21-10-8-20(9-11-21)14-4-6-15(26-2)7-5-14/h4-7H,3,8-13H2,1-2H3. The van der Waals surface area contributed by atoms with Crippen molar-refractivity contribution in [2.24, 2.45) is 0 Å². The number of urea groups is 1. The van der Waals surface area contributed by atoms with E-state index in [2.05, 4.69) is 4.90 Å². The van der Waals surface area contributed by atoms with Gasteiger partial charge in [0.2, 0.25) is 0 Å². The van der Waals surface area contributed by atoms with Crippen LogP contribution in [0.3, 0.4) is 0 Å². The Kier molecular flexibility index (Phi) is 5.29. The first-order valence-corrected chi connectivity index (χ1v) is 8.83. The Balaban J connectivity index is 1.58. The average Bonchev–Trinajstić information content (AvgIpc) is 2.70. The van der Waals surface area contributed by atoms with Gasteiger partial charge in [-0.3, -0.25) is 14.5 Å². The molecule has 8 nitrogen and oxygen atoms in total. The molecule has 2 fully saturated rings. The molecule has 0 saturated carbocycles. The van der Waals surface area contributed by atoms with Crippen LogP contribution >= 0.6 is 0 Å². The maximum atomic E-state index is 12.7. The summed E-state index contributed by atoms with van der Waals surface area (Å²) >= 11 is 0. The lowest BCUT2D eigenvalue weighted by Gasteiger charge is -2.39. The largest absolute Gasteiger partial charge is 0.497 e. The van der Waals surface area contributed by atoms with E-state index in [1.807, 2.05) is 31.2 Å². The van der Waals surface area contributed by atoms with Crippen molar-refractivity contribution in [3.05, 3.63) is 24.3 Å². The van der Waals surface area contributed by atoms with Crippen LogP contribution in [-0.2, 0) is 9.59 Å². The van der Waals surface area contributed by atoms with Crippen LogP contribution in [0, 0.1) is 0 Å². The maximum Gasteiger partial charge on any atom is 0.327 e. The van der Waals surface area contributed by atoms with E-state index in [9.17, 15) is 14.4 Å². The van der Waals surface area contributed by atoms with Crippen LogP contribution < -0.4 is 9.64 Å². The Hall–Kier alpha value is -2.77. The van der Waals surface area contributed by atoms with E-state index < -0.39 is 11.8 Å². The summed E-state index contributed by atoms with van der Waals surface area (Å²) < 4.78 is 5.17. The molecule has 0 bridgehead atoms. The van der Waals surface area contributed by atoms with Crippen molar-refractivity contribution in [1.29, 1.82) is 0 Å². The van der Waals surface area contributed by atoms with Gasteiger partial charge in [-0.1, -0.05) is 0 Å². The quantitative estimate of drug-likeness (QED) is 0.739. The zero-order chi connectivity index (χ0) is 18.7. The molecular weight excluding hydrogens is 336 g/mol. The number of benzene rings is 1. The van der Waals surface area contributed by atoms with E-state index >= 15 is 0 Å². The highest BCUT2D eigenvalue weighted by Crippen LogP contribution is 2.21. The Morgan fingerprint density at radius 3 is 2.19 bits per heavy atom. The number of anilines is 1. The Morgan fingerprint density at radius 2 is 1.62 bits per heavy atom. The number of imide groups is 1. The first-order chi connectivity index (χ1) is 12.5. The summed E-state index contributed by atoms with van der Waals surface area (Å²) in [5.74, 6) is -0.512. The molecule has 1 aromatic carbocycles. The summed E-state index contributed by atoms with van der Waals surface area (Å²) in [6.45, 7) is 5.34. The molecule has 0 aliphatic carbocycles. The number of carbonyl (C=O) groups excluding carboxylic acids is 3. The Labute approximate surface area is 152 Å². The van der Waals surface area contributed by atoms with Crippen molar-refractivity contribution in [1.82, 2.24) is 14.7 Å². The highest BCUT2D eigenvalue weighted by atomic mass is 16.5. The number of likely N-dealkylation sites (N-methyl/N-ethyl adjacent to an activating group) is 1. The second-order valence-corrected chi connectivity index (χ2v) is 6.30. The molecule has 2 aliphatic heterocycles. The fourth-order valence-corrected chi connectivity index (χ4v) is 3.28. The topological polar surface area (TPSA) is 73.4 Å². The molecule has 0 unspecified atom stereocenters.